The third-order valence-corrected chi connectivity index (χ3v) is 3.48. The topological polar surface area (TPSA) is 26.0 Å². The first-order valence-electron chi connectivity index (χ1n) is 6.06. The Morgan fingerprint density at radius 2 is 1.22 bits per heavy atom. The molecule has 2 rings (SSSR count). The quantitative estimate of drug-likeness (QED) is 0.873. The van der Waals surface area contributed by atoms with E-state index in [1.54, 1.807) is 0 Å². The molecule has 2 heteroatoms. The van der Waals surface area contributed by atoms with Gasteiger partial charge in [0.15, 0.2) is 0 Å². The first-order chi connectivity index (χ1) is 8.45. The van der Waals surface area contributed by atoms with Gasteiger partial charge in [0, 0.05) is 4.47 Å². The van der Waals surface area contributed by atoms with Gasteiger partial charge < -0.3 is 5.73 Å². The molecule has 2 aromatic rings. The van der Waals surface area contributed by atoms with Gasteiger partial charge in [-0.3, -0.25) is 0 Å². The van der Waals surface area contributed by atoms with Crippen molar-refractivity contribution in [2.24, 2.45) is 5.73 Å². The Kier molecular flexibility index (Phi) is 3.88. The van der Waals surface area contributed by atoms with Gasteiger partial charge in [0.25, 0.3) is 0 Å². The largest absolute Gasteiger partial charge is 0.320 e. The maximum absolute atomic E-state index is 6.37. The molecule has 2 aromatic carbocycles. The van der Waals surface area contributed by atoms with Gasteiger partial charge in [0.2, 0.25) is 0 Å². The summed E-state index contributed by atoms with van der Waals surface area (Å²) >= 11 is 3.53. The standard InChI is InChI=1S/C16H18BrN/c1-10-4-11(2)6-13(5-10)16(18)14-7-12(3)8-15(17)9-14/h4-9,16H,18H2,1-3H3. The van der Waals surface area contributed by atoms with Crippen LogP contribution in [0.3, 0.4) is 0 Å². The zero-order valence-electron chi connectivity index (χ0n) is 11.0. The van der Waals surface area contributed by atoms with Crippen molar-refractivity contribution in [3.05, 3.63) is 68.7 Å². The summed E-state index contributed by atoms with van der Waals surface area (Å²) in [6.45, 7) is 6.30. The van der Waals surface area contributed by atoms with Crippen LogP contribution in [0.1, 0.15) is 33.9 Å². The lowest BCUT2D eigenvalue weighted by Crippen LogP contribution is -2.12. The van der Waals surface area contributed by atoms with Crippen LogP contribution in [0.5, 0.6) is 0 Å². The van der Waals surface area contributed by atoms with E-state index < -0.39 is 0 Å². The molecular weight excluding hydrogens is 286 g/mol. The third-order valence-electron chi connectivity index (χ3n) is 3.03. The number of benzene rings is 2. The predicted octanol–water partition coefficient (Wildman–Crippen LogP) is 4.42. The molecule has 0 heterocycles. The Bertz CT molecular complexity index is 483. The van der Waals surface area contributed by atoms with Crippen molar-refractivity contribution in [3.8, 4) is 0 Å². The number of hydrogen-bond acceptors (Lipinski definition) is 1. The smallest absolute Gasteiger partial charge is 0.0552 e. The van der Waals surface area contributed by atoms with Gasteiger partial charge in [-0.25, -0.2) is 0 Å². The van der Waals surface area contributed by atoms with Crippen molar-refractivity contribution in [2.45, 2.75) is 26.8 Å². The Balaban J connectivity index is 2.43. The molecule has 0 aliphatic heterocycles. The fourth-order valence-corrected chi connectivity index (χ4v) is 2.95. The van der Waals surface area contributed by atoms with Crippen LogP contribution in [0.2, 0.25) is 0 Å². The zero-order valence-corrected chi connectivity index (χ0v) is 12.6. The summed E-state index contributed by atoms with van der Waals surface area (Å²) in [6, 6.07) is 12.8. The van der Waals surface area contributed by atoms with Crippen LogP contribution in [0.4, 0.5) is 0 Å². The summed E-state index contributed by atoms with van der Waals surface area (Å²) in [4.78, 5) is 0. The van der Waals surface area contributed by atoms with Crippen molar-refractivity contribution >= 4 is 15.9 Å². The van der Waals surface area contributed by atoms with Crippen LogP contribution in [-0.4, -0.2) is 0 Å². The van der Waals surface area contributed by atoms with Crippen LogP contribution >= 0.6 is 15.9 Å². The molecule has 94 valence electrons. The second-order valence-corrected chi connectivity index (χ2v) is 5.88. The minimum Gasteiger partial charge on any atom is -0.320 e. The summed E-state index contributed by atoms with van der Waals surface area (Å²) in [5.74, 6) is 0. The molecule has 1 nitrogen and oxygen atoms in total. The van der Waals surface area contributed by atoms with Crippen molar-refractivity contribution in [1.82, 2.24) is 0 Å². The summed E-state index contributed by atoms with van der Waals surface area (Å²) in [6.07, 6.45) is 0. The highest BCUT2D eigenvalue weighted by molar-refractivity contribution is 9.10. The molecule has 2 N–H and O–H groups in total. The second kappa shape index (κ2) is 5.25. The second-order valence-electron chi connectivity index (χ2n) is 4.96. The molecule has 0 aliphatic carbocycles. The molecular formula is C16H18BrN. The summed E-state index contributed by atoms with van der Waals surface area (Å²) in [5, 5.41) is 0. The van der Waals surface area contributed by atoms with E-state index in [0.717, 1.165) is 10.0 Å². The number of aryl methyl sites for hydroxylation is 3. The monoisotopic (exact) mass is 303 g/mol. The lowest BCUT2D eigenvalue weighted by molar-refractivity contribution is 0.865. The van der Waals surface area contributed by atoms with Crippen LogP contribution in [0.25, 0.3) is 0 Å². The maximum atomic E-state index is 6.37. The highest BCUT2D eigenvalue weighted by Gasteiger charge is 2.10. The van der Waals surface area contributed by atoms with Crippen molar-refractivity contribution in [3.63, 3.8) is 0 Å². The summed E-state index contributed by atoms with van der Waals surface area (Å²) in [5.41, 5.74) is 12.4. The molecule has 0 fully saturated rings. The first kappa shape index (κ1) is 13.3. The van der Waals surface area contributed by atoms with Gasteiger partial charge >= 0.3 is 0 Å². The summed E-state index contributed by atoms with van der Waals surface area (Å²) in [7, 11) is 0. The van der Waals surface area contributed by atoms with Crippen LogP contribution < -0.4 is 5.73 Å². The Morgan fingerprint density at radius 1 is 0.778 bits per heavy atom. The molecule has 18 heavy (non-hydrogen) atoms. The van der Waals surface area contributed by atoms with Crippen molar-refractivity contribution in [1.29, 1.82) is 0 Å². The fraction of sp³-hybridized carbons (Fsp3) is 0.250. The van der Waals surface area contributed by atoms with Crippen LogP contribution in [0.15, 0.2) is 40.9 Å². The Hall–Kier alpha value is -1.12. The van der Waals surface area contributed by atoms with Gasteiger partial charge in [0.05, 0.1) is 6.04 Å². The van der Waals surface area contributed by atoms with Gasteiger partial charge in [-0.1, -0.05) is 51.3 Å². The molecule has 0 saturated heterocycles. The lowest BCUT2D eigenvalue weighted by atomic mass is 9.95. The van der Waals surface area contributed by atoms with E-state index in [1.165, 1.54) is 22.3 Å². The molecule has 0 aromatic heterocycles. The minimum atomic E-state index is -0.0696. The molecule has 0 saturated carbocycles. The van der Waals surface area contributed by atoms with E-state index in [1.807, 2.05) is 0 Å². The maximum Gasteiger partial charge on any atom is 0.0552 e. The normalized spacial score (nSPS) is 12.5. The third kappa shape index (κ3) is 3.01. The van der Waals surface area contributed by atoms with E-state index in [2.05, 4.69) is 73.1 Å². The number of nitrogens with two attached hydrogens (primary N) is 1. The highest BCUT2D eigenvalue weighted by Crippen LogP contribution is 2.25. The van der Waals surface area contributed by atoms with Gasteiger partial charge in [-0.2, -0.15) is 0 Å². The average molecular weight is 304 g/mol. The van der Waals surface area contributed by atoms with E-state index in [9.17, 15) is 0 Å². The lowest BCUT2D eigenvalue weighted by Gasteiger charge is -2.15. The highest BCUT2D eigenvalue weighted by atomic mass is 79.9. The first-order valence-corrected chi connectivity index (χ1v) is 6.86. The van der Waals surface area contributed by atoms with E-state index >= 15 is 0 Å². The number of halogens is 1. The predicted molar refractivity (Wildman–Crippen MR) is 80.8 cm³/mol. The SMILES string of the molecule is Cc1cc(C)cc(C(N)c2cc(C)cc(Br)c2)c1. The van der Waals surface area contributed by atoms with Crippen LogP contribution in [0, 0.1) is 20.8 Å². The molecule has 1 unspecified atom stereocenters. The summed E-state index contributed by atoms with van der Waals surface area (Å²) < 4.78 is 1.08. The fourth-order valence-electron chi connectivity index (χ4n) is 2.33. The van der Waals surface area contributed by atoms with Crippen LogP contribution in [-0.2, 0) is 0 Å². The van der Waals surface area contributed by atoms with Crippen molar-refractivity contribution in [2.75, 3.05) is 0 Å². The Morgan fingerprint density at radius 3 is 1.72 bits per heavy atom. The van der Waals surface area contributed by atoms with E-state index in [-0.39, 0.29) is 6.04 Å². The zero-order chi connectivity index (χ0) is 13.3. The van der Waals surface area contributed by atoms with Crippen molar-refractivity contribution < 1.29 is 0 Å². The molecule has 0 amide bonds. The van der Waals surface area contributed by atoms with E-state index in [0.29, 0.717) is 0 Å². The van der Waals surface area contributed by atoms with E-state index in [4.69, 9.17) is 5.73 Å². The molecule has 0 radical (unpaired) electrons. The number of rotatable bonds is 2. The molecule has 0 spiro atoms. The number of hydrogen-bond donors (Lipinski definition) is 1. The average Bonchev–Trinajstić information content (AvgIpc) is 2.25. The molecule has 0 aliphatic rings. The van der Waals surface area contributed by atoms with Gasteiger partial charge in [0.1, 0.15) is 0 Å². The molecule has 1 atom stereocenters. The minimum absolute atomic E-state index is 0.0696. The van der Waals surface area contributed by atoms with Gasteiger partial charge in [-0.05, 0) is 49.6 Å². The molecule has 0 bridgehead atoms. The van der Waals surface area contributed by atoms with Gasteiger partial charge in [-0.15, -0.1) is 0 Å². The Labute approximate surface area is 117 Å².